The lowest BCUT2D eigenvalue weighted by atomic mass is 10.1. The summed E-state index contributed by atoms with van der Waals surface area (Å²) < 4.78 is 5.07. The molecule has 0 aliphatic rings. The van der Waals surface area contributed by atoms with Crippen molar-refractivity contribution in [1.29, 1.82) is 0 Å². The van der Waals surface area contributed by atoms with E-state index in [4.69, 9.17) is 16.3 Å². The van der Waals surface area contributed by atoms with Crippen LogP contribution in [0.5, 0.6) is 0 Å². The minimum absolute atomic E-state index is 0.276. The quantitative estimate of drug-likeness (QED) is 0.899. The fourth-order valence-corrected chi connectivity index (χ4v) is 1.53. The van der Waals surface area contributed by atoms with Gasteiger partial charge in [-0.3, -0.25) is 0 Å². The molecule has 1 amide bonds. The number of amides is 1. The molecule has 0 radical (unpaired) electrons. The first-order valence-corrected chi connectivity index (χ1v) is 5.94. The molecule has 1 rings (SSSR count). The van der Waals surface area contributed by atoms with Crippen molar-refractivity contribution in [1.82, 2.24) is 5.32 Å². The number of benzene rings is 1. The monoisotopic (exact) mass is 255 g/mol. The van der Waals surface area contributed by atoms with Crippen molar-refractivity contribution in [3.63, 3.8) is 0 Å². The number of alkyl carbamates (subject to hydrolysis) is 1. The minimum Gasteiger partial charge on any atom is -0.449 e. The zero-order chi connectivity index (χ0) is 12.9. The first-order valence-electron chi connectivity index (χ1n) is 5.57. The Kier molecular flexibility index (Phi) is 4.82. The number of hydrogen-bond donors (Lipinski definition) is 1. The Bertz CT molecular complexity index is 385. The Balaban J connectivity index is 2.34. The van der Waals surface area contributed by atoms with Crippen LogP contribution in [0.2, 0.25) is 5.02 Å². The number of halogens is 1. The summed E-state index contributed by atoms with van der Waals surface area (Å²) >= 11 is 5.99. The van der Waals surface area contributed by atoms with Crippen LogP contribution in [0.15, 0.2) is 24.3 Å². The van der Waals surface area contributed by atoms with Gasteiger partial charge >= 0.3 is 6.09 Å². The maximum Gasteiger partial charge on any atom is 0.407 e. The molecular weight excluding hydrogens is 238 g/mol. The van der Waals surface area contributed by atoms with E-state index in [1.807, 2.05) is 45.0 Å². The zero-order valence-corrected chi connectivity index (χ0v) is 11.2. The average Bonchev–Trinajstić information content (AvgIpc) is 2.18. The van der Waals surface area contributed by atoms with Crippen LogP contribution >= 0.6 is 11.6 Å². The van der Waals surface area contributed by atoms with Crippen molar-refractivity contribution in [2.45, 2.75) is 32.7 Å². The number of carbonyl (C=O) groups excluding carboxylic acids is 1. The molecule has 0 saturated heterocycles. The summed E-state index contributed by atoms with van der Waals surface area (Å²) in [4.78, 5) is 11.4. The molecule has 0 aromatic heterocycles. The van der Waals surface area contributed by atoms with Crippen LogP contribution in [0.1, 0.15) is 26.3 Å². The molecule has 0 aliphatic carbocycles. The normalized spacial score (nSPS) is 11.1. The van der Waals surface area contributed by atoms with E-state index in [1.165, 1.54) is 0 Å². The van der Waals surface area contributed by atoms with Gasteiger partial charge in [-0.2, -0.15) is 0 Å². The number of hydrogen-bond acceptors (Lipinski definition) is 2. The highest BCUT2D eigenvalue weighted by Crippen LogP contribution is 2.15. The largest absolute Gasteiger partial charge is 0.449 e. The molecule has 17 heavy (non-hydrogen) atoms. The number of ether oxygens (including phenoxy) is 1. The van der Waals surface area contributed by atoms with E-state index in [0.717, 1.165) is 5.56 Å². The molecular formula is C13H18ClNO2. The Labute approximate surface area is 107 Å². The van der Waals surface area contributed by atoms with Crippen LogP contribution < -0.4 is 5.32 Å². The molecule has 3 nitrogen and oxygen atoms in total. The van der Waals surface area contributed by atoms with Gasteiger partial charge in [-0.25, -0.2) is 4.79 Å². The van der Waals surface area contributed by atoms with E-state index >= 15 is 0 Å². The lowest BCUT2D eigenvalue weighted by molar-refractivity contribution is 0.139. The second-order valence-electron chi connectivity index (χ2n) is 4.85. The van der Waals surface area contributed by atoms with E-state index in [9.17, 15) is 4.79 Å². The molecule has 0 saturated carbocycles. The Hall–Kier alpha value is -1.22. The van der Waals surface area contributed by atoms with E-state index in [1.54, 1.807) is 0 Å². The van der Waals surface area contributed by atoms with Gasteiger partial charge in [0.25, 0.3) is 0 Å². The number of rotatable bonds is 3. The first-order chi connectivity index (χ1) is 7.88. The van der Waals surface area contributed by atoms with Crippen LogP contribution in [-0.4, -0.2) is 18.2 Å². The summed E-state index contributed by atoms with van der Waals surface area (Å²) in [5, 5.41) is 3.43. The maximum atomic E-state index is 11.4. The lowest BCUT2D eigenvalue weighted by Gasteiger charge is -2.19. The average molecular weight is 256 g/mol. The molecule has 0 fully saturated rings. The lowest BCUT2D eigenvalue weighted by Crippen LogP contribution is -2.41. The molecule has 1 N–H and O–H groups in total. The molecule has 0 heterocycles. The second-order valence-corrected chi connectivity index (χ2v) is 5.26. The van der Waals surface area contributed by atoms with Crippen molar-refractivity contribution in [2.75, 3.05) is 6.61 Å². The predicted octanol–water partition coefficient (Wildman–Crippen LogP) is 3.41. The Morgan fingerprint density at radius 3 is 2.59 bits per heavy atom. The highest BCUT2D eigenvalue weighted by molar-refractivity contribution is 6.31. The Morgan fingerprint density at radius 1 is 1.35 bits per heavy atom. The molecule has 0 atom stereocenters. The van der Waals surface area contributed by atoms with Gasteiger partial charge in [0.2, 0.25) is 0 Å². The van der Waals surface area contributed by atoms with Gasteiger partial charge in [-0.1, -0.05) is 29.8 Å². The molecule has 0 aliphatic heterocycles. The van der Waals surface area contributed by atoms with Gasteiger partial charge in [-0.05, 0) is 32.4 Å². The third-order valence-electron chi connectivity index (χ3n) is 2.04. The topological polar surface area (TPSA) is 38.3 Å². The van der Waals surface area contributed by atoms with Gasteiger partial charge in [0.05, 0.1) is 6.61 Å². The number of nitrogens with one attached hydrogen (secondary N) is 1. The standard InChI is InChI=1S/C13H18ClNO2/c1-13(2,3)15-12(16)17-9-8-10-6-4-5-7-11(10)14/h4-7H,8-9H2,1-3H3,(H,15,16). The predicted molar refractivity (Wildman–Crippen MR) is 69.4 cm³/mol. The molecule has 0 bridgehead atoms. The molecule has 0 spiro atoms. The summed E-state index contributed by atoms with van der Waals surface area (Å²) in [6, 6.07) is 7.54. The van der Waals surface area contributed by atoms with E-state index < -0.39 is 6.09 Å². The van der Waals surface area contributed by atoms with Crippen molar-refractivity contribution < 1.29 is 9.53 Å². The van der Waals surface area contributed by atoms with Crippen LogP contribution in [0, 0.1) is 0 Å². The minimum atomic E-state index is -0.399. The summed E-state index contributed by atoms with van der Waals surface area (Å²) in [6.07, 6.45) is 0.224. The van der Waals surface area contributed by atoms with Crippen molar-refractivity contribution in [3.05, 3.63) is 34.9 Å². The zero-order valence-electron chi connectivity index (χ0n) is 10.4. The fourth-order valence-electron chi connectivity index (χ4n) is 1.30. The van der Waals surface area contributed by atoms with Gasteiger partial charge in [-0.15, -0.1) is 0 Å². The van der Waals surface area contributed by atoms with Gasteiger partial charge in [0, 0.05) is 17.0 Å². The van der Waals surface area contributed by atoms with E-state index in [2.05, 4.69) is 5.32 Å². The van der Waals surface area contributed by atoms with Crippen molar-refractivity contribution in [2.24, 2.45) is 0 Å². The van der Waals surface area contributed by atoms with Gasteiger partial charge in [0.15, 0.2) is 0 Å². The van der Waals surface area contributed by atoms with E-state index in [0.29, 0.717) is 18.1 Å². The summed E-state index contributed by atoms with van der Waals surface area (Å²) in [5.41, 5.74) is 0.708. The third-order valence-corrected chi connectivity index (χ3v) is 2.41. The van der Waals surface area contributed by atoms with E-state index in [-0.39, 0.29) is 5.54 Å². The molecule has 0 unspecified atom stereocenters. The fraction of sp³-hybridized carbons (Fsp3) is 0.462. The highest BCUT2D eigenvalue weighted by Gasteiger charge is 2.14. The van der Waals surface area contributed by atoms with Crippen molar-refractivity contribution >= 4 is 17.7 Å². The van der Waals surface area contributed by atoms with Crippen LogP contribution in [0.3, 0.4) is 0 Å². The Morgan fingerprint density at radius 2 is 2.00 bits per heavy atom. The summed E-state index contributed by atoms with van der Waals surface area (Å²) in [7, 11) is 0. The SMILES string of the molecule is CC(C)(C)NC(=O)OCCc1ccccc1Cl. The maximum absolute atomic E-state index is 11.4. The molecule has 94 valence electrons. The summed E-state index contributed by atoms with van der Waals surface area (Å²) in [5.74, 6) is 0. The van der Waals surface area contributed by atoms with Crippen molar-refractivity contribution in [3.8, 4) is 0 Å². The van der Waals surface area contributed by atoms with Crippen LogP contribution in [0.4, 0.5) is 4.79 Å². The molecule has 1 aromatic rings. The molecule has 1 aromatic carbocycles. The smallest absolute Gasteiger partial charge is 0.407 e. The third kappa shape index (κ3) is 5.59. The highest BCUT2D eigenvalue weighted by atomic mass is 35.5. The summed E-state index contributed by atoms with van der Waals surface area (Å²) in [6.45, 7) is 6.04. The second kappa shape index (κ2) is 5.92. The van der Waals surface area contributed by atoms with Gasteiger partial charge in [0.1, 0.15) is 0 Å². The van der Waals surface area contributed by atoms with Gasteiger partial charge < -0.3 is 10.1 Å². The van der Waals surface area contributed by atoms with Crippen LogP contribution in [0.25, 0.3) is 0 Å². The first kappa shape index (κ1) is 13.8. The number of carbonyl (C=O) groups is 1. The van der Waals surface area contributed by atoms with Crippen LogP contribution in [-0.2, 0) is 11.2 Å². The molecule has 4 heteroatoms.